The minimum atomic E-state index is -1.14. The molecule has 6 rings (SSSR count). The number of nitrogens with one attached hydrogen (secondary N) is 1. The van der Waals surface area contributed by atoms with Gasteiger partial charge >= 0.3 is 6.09 Å². The number of tetrazole rings is 1. The zero-order chi connectivity index (χ0) is 29.4. The van der Waals surface area contributed by atoms with Crippen molar-refractivity contribution in [2.24, 2.45) is 0 Å². The van der Waals surface area contributed by atoms with Crippen molar-refractivity contribution < 1.29 is 14.6 Å². The van der Waals surface area contributed by atoms with Gasteiger partial charge < -0.3 is 14.8 Å². The van der Waals surface area contributed by atoms with Crippen LogP contribution in [-0.2, 0) is 11.2 Å². The second-order valence-corrected chi connectivity index (χ2v) is 10.2. The Labute approximate surface area is 247 Å². The van der Waals surface area contributed by atoms with Crippen molar-refractivity contribution in [1.29, 1.82) is 0 Å². The Morgan fingerprint density at radius 2 is 2.07 bits per heavy atom. The third-order valence-electron chi connectivity index (χ3n) is 6.85. The van der Waals surface area contributed by atoms with Gasteiger partial charge in [-0.1, -0.05) is 23.2 Å². The molecule has 0 unspecified atom stereocenters. The predicted molar refractivity (Wildman–Crippen MR) is 152 cm³/mol. The number of benzene rings is 1. The van der Waals surface area contributed by atoms with Crippen LogP contribution in [0.25, 0.3) is 28.2 Å². The van der Waals surface area contributed by atoms with E-state index in [1.165, 1.54) is 30.4 Å². The molecule has 16 heteroatoms. The lowest BCUT2D eigenvalue weighted by atomic mass is 10.1. The standard InChI is InChI=1S/C26H22Cl2N10O4/c1-42-9-8-36(26(40)41)20-6-2-14(12-29-20)23-24(28)33-25(32-23)19-5-7-21-31-17(11-22(39)38(19)21)16-10-15(27)3-4-18(16)37-13-30-34-35-37/h2-4,6,10-13,19H,5,7-9H2,1H3,(H,32,33)(H,40,41)/t19-/m0/s1. The summed E-state index contributed by atoms with van der Waals surface area (Å²) in [6, 6.07) is 9.49. The summed E-state index contributed by atoms with van der Waals surface area (Å²) in [7, 11) is 1.49. The summed E-state index contributed by atoms with van der Waals surface area (Å²) in [4.78, 5) is 43.0. The molecule has 1 aliphatic rings. The normalized spacial score (nSPS) is 14.2. The van der Waals surface area contributed by atoms with E-state index in [1.54, 1.807) is 34.9 Å². The van der Waals surface area contributed by atoms with E-state index >= 15 is 0 Å². The Hall–Kier alpha value is -4.66. The molecular formula is C26H22Cl2N10O4. The van der Waals surface area contributed by atoms with E-state index in [9.17, 15) is 14.7 Å². The van der Waals surface area contributed by atoms with E-state index in [0.717, 1.165) is 4.90 Å². The average Bonchev–Trinajstić information content (AvgIpc) is 3.74. The molecule has 5 heterocycles. The SMILES string of the molecule is COCCN(C(=O)O)c1ccc(-c2nc([C@@H]3CCc4nc(-c5cc(Cl)ccc5-n5cnnn5)cc(=O)n43)[nH]c2Cl)cn1. The number of H-pyrrole nitrogens is 1. The number of aromatic amines is 1. The number of hydrogen-bond acceptors (Lipinski definition) is 9. The number of halogens is 2. The van der Waals surface area contributed by atoms with Gasteiger partial charge in [-0.2, -0.15) is 4.68 Å². The van der Waals surface area contributed by atoms with Crippen LogP contribution in [0.1, 0.15) is 24.1 Å². The number of imidazole rings is 1. The van der Waals surface area contributed by atoms with E-state index in [2.05, 4.69) is 25.5 Å². The van der Waals surface area contributed by atoms with Crippen LogP contribution in [0.4, 0.5) is 10.6 Å². The Morgan fingerprint density at radius 1 is 1.21 bits per heavy atom. The number of carboxylic acid groups (broad SMARTS) is 1. The first-order valence-electron chi connectivity index (χ1n) is 12.7. The quantitative estimate of drug-likeness (QED) is 0.265. The lowest BCUT2D eigenvalue weighted by Crippen LogP contribution is -2.33. The number of carbonyl (C=O) groups is 1. The molecule has 0 bridgehead atoms. The van der Waals surface area contributed by atoms with Crippen LogP contribution in [0.3, 0.4) is 0 Å². The van der Waals surface area contributed by atoms with Crippen molar-refractivity contribution in [3.63, 3.8) is 0 Å². The molecule has 0 saturated carbocycles. The van der Waals surface area contributed by atoms with Crippen LogP contribution in [0.5, 0.6) is 0 Å². The van der Waals surface area contributed by atoms with Crippen molar-refractivity contribution in [3.05, 3.63) is 81.1 Å². The van der Waals surface area contributed by atoms with Crippen molar-refractivity contribution in [1.82, 2.24) is 44.7 Å². The monoisotopic (exact) mass is 608 g/mol. The van der Waals surface area contributed by atoms with Crippen LogP contribution >= 0.6 is 23.2 Å². The number of aromatic nitrogens is 9. The van der Waals surface area contributed by atoms with E-state index < -0.39 is 12.1 Å². The molecule has 5 aromatic rings. The van der Waals surface area contributed by atoms with Gasteiger partial charge in [0.25, 0.3) is 5.56 Å². The Balaban J connectivity index is 1.31. The van der Waals surface area contributed by atoms with Gasteiger partial charge in [-0.25, -0.2) is 19.7 Å². The molecule has 0 spiro atoms. The number of nitrogens with zero attached hydrogens (tertiary/aromatic N) is 9. The minimum absolute atomic E-state index is 0.132. The summed E-state index contributed by atoms with van der Waals surface area (Å²) < 4.78 is 8.07. The molecule has 1 aliphatic heterocycles. The van der Waals surface area contributed by atoms with E-state index in [4.69, 9.17) is 37.9 Å². The first kappa shape index (κ1) is 27.5. The number of ether oxygens (including phenoxy) is 1. The predicted octanol–water partition coefficient (Wildman–Crippen LogP) is 3.64. The Kier molecular flexibility index (Phi) is 7.41. The van der Waals surface area contributed by atoms with Gasteiger partial charge in [0.05, 0.1) is 30.6 Å². The van der Waals surface area contributed by atoms with E-state index in [1.807, 2.05) is 0 Å². The zero-order valence-electron chi connectivity index (χ0n) is 22.0. The molecule has 214 valence electrons. The number of anilines is 1. The summed E-state index contributed by atoms with van der Waals surface area (Å²) in [5.41, 5.74) is 2.44. The topological polar surface area (TPSA) is 170 Å². The molecule has 1 atom stereocenters. The van der Waals surface area contributed by atoms with Gasteiger partial charge in [0.2, 0.25) is 0 Å². The third kappa shape index (κ3) is 5.11. The molecule has 42 heavy (non-hydrogen) atoms. The highest BCUT2D eigenvalue weighted by molar-refractivity contribution is 6.32. The number of aryl methyl sites for hydroxylation is 1. The van der Waals surface area contributed by atoms with Crippen LogP contribution in [0, 0.1) is 0 Å². The number of fused-ring (bicyclic) bond motifs is 1. The summed E-state index contributed by atoms with van der Waals surface area (Å²) in [6.45, 7) is 0.357. The number of amides is 1. The summed E-state index contributed by atoms with van der Waals surface area (Å²) in [5, 5.41) is 21.6. The highest BCUT2D eigenvalue weighted by Crippen LogP contribution is 2.34. The number of hydrogen-bond donors (Lipinski definition) is 2. The molecule has 1 amide bonds. The molecule has 14 nitrogen and oxygen atoms in total. The fourth-order valence-electron chi connectivity index (χ4n) is 4.92. The second-order valence-electron chi connectivity index (χ2n) is 9.35. The third-order valence-corrected chi connectivity index (χ3v) is 7.36. The van der Waals surface area contributed by atoms with Crippen molar-refractivity contribution >= 4 is 35.1 Å². The fourth-order valence-corrected chi connectivity index (χ4v) is 5.34. The Morgan fingerprint density at radius 3 is 2.79 bits per heavy atom. The lowest BCUT2D eigenvalue weighted by Gasteiger charge is -2.17. The summed E-state index contributed by atoms with van der Waals surface area (Å²) >= 11 is 12.8. The molecule has 0 aliphatic carbocycles. The van der Waals surface area contributed by atoms with Crippen LogP contribution < -0.4 is 10.5 Å². The van der Waals surface area contributed by atoms with Crippen LogP contribution in [-0.4, -0.2) is 76.2 Å². The van der Waals surface area contributed by atoms with Crippen LogP contribution in [0.2, 0.25) is 10.2 Å². The molecule has 1 aromatic carbocycles. The average molecular weight is 609 g/mol. The van der Waals surface area contributed by atoms with Crippen molar-refractivity contribution in [2.75, 3.05) is 25.2 Å². The van der Waals surface area contributed by atoms with Gasteiger partial charge in [-0.3, -0.25) is 14.3 Å². The van der Waals surface area contributed by atoms with Gasteiger partial charge in [0.15, 0.2) is 0 Å². The Bertz CT molecular complexity index is 1820. The number of pyridine rings is 1. The van der Waals surface area contributed by atoms with Gasteiger partial charge in [0.1, 0.15) is 34.6 Å². The maximum absolute atomic E-state index is 13.5. The van der Waals surface area contributed by atoms with Crippen molar-refractivity contribution in [2.45, 2.75) is 18.9 Å². The highest BCUT2D eigenvalue weighted by Gasteiger charge is 2.30. The summed E-state index contributed by atoms with van der Waals surface area (Å²) in [5.74, 6) is 1.34. The maximum atomic E-state index is 13.5. The van der Waals surface area contributed by atoms with Gasteiger partial charge in [0, 0.05) is 41.9 Å². The fraction of sp³-hybridized carbons (Fsp3) is 0.231. The molecule has 0 radical (unpaired) electrons. The molecular weight excluding hydrogens is 587 g/mol. The van der Waals surface area contributed by atoms with Crippen molar-refractivity contribution in [3.8, 4) is 28.2 Å². The highest BCUT2D eigenvalue weighted by atomic mass is 35.5. The minimum Gasteiger partial charge on any atom is -0.465 e. The number of methoxy groups -OCH3 is 1. The molecule has 0 saturated heterocycles. The van der Waals surface area contributed by atoms with E-state index in [0.29, 0.717) is 57.7 Å². The van der Waals surface area contributed by atoms with Gasteiger partial charge in [-0.05, 0) is 47.2 Å². The summed E-state index contributed by atoms with van der Waals surface area (Å²) in [6.07, 6.45) is 2.92. The van der Waals surface area contributed by atoms with Crippen LogP contribution in [0.15, 0.2) is 53.7 Å². The largest absolute Gasteiger partial charge is 0.465 e. The lowest BCUT2D eigenvalue weighted by molar-refractivity contribution is 0.186. The molecule has 4 aromatic heterocycles. The first-order valence-corrected chi connectivity index (χ1v) is 13.5. The van der Waals surface area contributed by atoms with E-state index in [-0.39, 0.29) is 29.7 Å². The maximum Gasteiger partial charge on any atom is 0.413 e. The molecule has 2 N–H and O–H groups in total. The molecule has 0 fully saturated rings. The zero-order valence-corrected chi connectivity index (χ0v) is 23.5. The van der Waals surface area contributed by atoms with Gasteiger partial charge in [-0.15, -0.1) is 5.10 Å². The number of rotatable bonds is 8. The smallest absolute Gasteiger partial charge is 0.413 e. The second kappa shape index (κ2) is 11.3. The first-order chi connectivity index (χ1) is 20.3.